The van der Waals surface area contributed by atoms with Gasteiger partial charge in [0.05, 0.1) is 6.20 Å². The van der Waals surface area contributed by atoms with E-state index < -0.39 is 29.5 Å². The lowest BCUT2D eigenvalue weighted by atomic mass is 10.1. The molecule has 0 saturated heterocycles. The van der Waals surface area contributed by atoms with E-state index in [0.29, 0.717) is 5.13 Å². The highest BCUT2D eigenvalue weighted by molar-refractivity contribution is 7.17. The monoisotopic (exact) mass is 340 g/mol. The minimum atomic E-state index is -1.15. The molecule has 3 N–H and O–H groups in total. The third-order valence-electron chi connectivity index (χ3n) is 3.00. The van der Waals surface area contributed by atoms with Crippen molar-refractivity contribution in [2.24, 2.45) is 0 Å². The molecule has 0 saturated carbocycles. The van der Waals surface area contributed by atoms with Crippen LogP contribution in [0.5, 0.6) is 0 Å². The lowest BCUT2D eigenvalue weighted by molar-refractivity contribution is -0.122. The van der Waals surface area contributed by atoms with Crippen LogP contribution in [0.2, 0.25) is 0 Å². The molecular formula is C14H14F2N4O2S. The first kappa shape index (κ1) is 16.8. The molecule has 2 amide bonds. The number of thiazole rings is 1. The van der Waals surface area contributed by atoms with E-state index in [9.17, 15) is 18.4 Å². The topological polar surface area (TPSA) is 83.1 Å². The number of aromatic nitrogens is 1. The van der Waals surface area contributed by atoms with Crippen molar-refractivity contribution in [1.82, 2.24) is 15.6 Å². The Morgan fingerprint density at radius 3 is 2.52 bits per heavy atom. The summed E-state index contributed by atoms with van der Waals surface area (Å²) in [7, 11) is 3.04. The van der Waals surface area contributed by atoms with E-state index in [4.69, 9.17) is 0 Å². The molecule has 1 atom stereocenters. The third kappa shape index (κ3) is 3.81. The van der Waals surface area contributed by atoms with Gasteiger partial charge in [0, 0.05) is 14.1 Å². The summed E-state index contributed by atoms with van der Waals surface area (Å²) in [6, 6.07) is 1.87. The summed E-state index contributed by atoms with van der Waals surface area (Å²) in [5.41, 5.74) is 0.134. The van der Waals surface area contributed by atoms with Crippen molar-refractivity contribution in [2.45, 2.75) is 6.04 Å². The lowest BCUT2D eigenvalue weighted by Crippen LogP contribution is -2.38. The van der Waals surface area contributed by atoms with Gasteiger partial charge in [0.2, 0.25) is 5.91 Å². The van der Waals surface area contributed by atoms with Crippen LogP contribution in [-0.4, -0.2) is 30.9 Å². The molecule has 2 aromatic rings. The van der Waals surface area contributed by atoms with Gasteiger partial charge in [-0.15, -0.1) is 0 Å². The van der Waals surface area contributed by atoms with Gasteiger partial charge < -0.3 is 16.0 Å². The van der Waals surface area contributed by atoms with Crippen molar-refractivity contribution in [1.29, 1.82) is 0 Å². The van der Waals surface area contributed by atoms with E-state index in [1.165, 1.54) is 19.3 Å². The molecule has 122 valence electrons. The van der Waals surface area contributed by atoms with Crippen LogP contribution in [0.4, 0.5) is 13.9 Å². The fourth-order valence-electron chi connectivity index (χ4n) is 1.83. The molecule has 1 aromatic carbocycles. The molecule has 0 aliphatic carbocycles. The van der Waals surface area contributed by atoms with E-state index in [2.05, 4.69) is 20.9 Å². The van der Waals surface area contributed by atoms with E-state index >= 15 is 0 Å². The van der Waals surface area contributed by atoms with Gasteiger partial charge in [-0.25, -0.2) is 13.8 Å². The standard InChI is InChI=1S/C14H14F2N4O2S/c1-17-13(22)11(7-3-4-8(15)9(16)5-7)20-12(21)10-6-19-14(18-2)23-10/h3-6,11H,1-2H3,(H,17,22)(H,18,19)(H,20,21)/t11-/m1/s1. The van der Waals surface area contributed by atoms with E-state index in [1.54, 1.807) is 7.05 Å². The maximum absolute atomic E-state index is 13.4. The minimum Gasteiger partial charge on any atom is -0.365 e. The predicted octanol–water partition coefficient (Wildman–Crippen LogP) is 1.68. The summed E-state index contributed by atoms with van der Waals surface area (Å²) in [5, 5.41) is 8.20. The molecule has 0 aliphatic rings. The van der Waals surface area contributed by atoms with E-state index in [0.717, 1.165) is 23.5 Å². The van der Waals surface area contributed by atoms with Crippen molar-refractivity contribution < 1.29 is 18.4 Å². The van der Waals surface area contributed by atoms with Crippen LogP contribution in [-0.2, 0) is 4.79 Å². The Hall–Kier alpha value is -2.55. The highest BCUT2D eigenvalue weighted by Gasteiger charge is 2.24. The van der Waals surface area contributed by atoms with Gasteiger partial charge >= 0.3 is 0 Å². The maximum Gasteiger partial charge on any atom is 0.263 e. The number of nitrogens with zero attached hydrogens (tertiary/aromatic N) is 1. The summed E-state index contributed by atoms with van der Waals surface area (Å²) >= 11 is 1.10. The first-order chi connectivity index (χ1) is 11.0. The summed E-state index contributed by atoms with van der Waals surface area (Å²) in [5.74, 6) is -3.22. The summed E-state index contributed by atoms with van der Waals surface area (Å²) in [6.07, 6.45) is 1.36. The number of benzene rings is 1. The van der Waals surface area contributed by atoms with Crippen LogP contribution >= 0.6 is 11.3 Å². The molecule has 0 bridgehead atoms. The normalized spacial score (nSPS) is 11.7. The van der Waals surface area contributed by atoms with Crippen molar-refractivity contribution in [3.05, 3.63) is 46.5 Å². The number of hydrogen-bond donors (Lipinski definition) is 3. The highest BCUT2D eigenvalue weighted by Crippen LogP contribution is 2.20. The van der Waals surface area contributed by atoms with Gasteiger partial charge in [-0.05, 0) is 17.7 Å². The van der Waals surface area contributed by atoms with Crippen molar-refractivity contribution in [3.8, 4) is 0 Å². The van der Waals surface area contributed by atoms with Gasteiger partial charge in [0.25, 0.3) is 5.91 Å². The van der Waals surface area contributed by atoms with Crippen LogP contribution < -0.4 is 16.0 Å². The lowest BCUT2D eigenvalue weighted by Gasteiger charge is -2.17. The Labute approximate surface area is 134 Å². The third-order valence-corrected chi connectivity index (χ3v) is 4.02. The molecule has 23 heavy (non-hydrogen) atoms. The van der Waals surface area contributed by atoms with Crippen molar-refractivity contribution in [3.63, 3.8) is 0 Å². The average molecular weight is 340 g/mol. The fourth-order valence-corrected chi connectivity index (χ4v) is 2.51. The zero-order valence-electron chi connectivity index (χ0n) is 12.3. The number of hydrogen-bond acceptors (Lipinski definition) is 5. The van der Waals surface area contributed by atoms with Gasteiger partial charge in [0.1, 0.15) is 10.9 Å². The largest absolute Gasteiger partial charge is 0.365 e. The first-order valence-corrected chi connectivity index (χ1v) is 7.39. The molecule has 6 nitrogen and oxygen atoms in total. The molecule has 1 aromatic heterocycles. The number of rotatable bonds is 5. The Morgan fingerprint density at radius 2 is 1.96 bits per heavy atom. The zero-order chi connectivity index (χ0) is 17.0. The number of carbonyl (C=O) groups is 2. The molecule has 1 heterocycles. The highest BCUT2D eigenvalue weighted by atomic mass is 32.1. The Bertz CT molecular complexity index is 735. The molecule has 0 radical (unpaired) electrons. The quantitative estimate of drug-likeness (QED) is 0.773. The van der Waals surface area contributed by atoms with Gasteiger partial charge in [-0.2, -0.15) is 0 Å². The number of carbonyl (C=O) groups excluding carboxylic acids is 2. The summed E-state index contributed by atoms with van der Waals surface area (Å²) in [6.45, 7) is 0. The van der Waals surface area contributed by atoms with Crippen LogP contribution in [0.1, 0.15) is 21.3 Å². The summed E-state index contributed by atoms with van der Waals surface area (Å²) < 4.78 is 26.4. The maximum atomic E-state index is 13.4. The second-order valence-corrected chi connectivity index (χ2v) is 5.50. The molecule has 9 heteroatoms. The number of likely N-dealkylation sites (N-methyl/N-ethyl adjacent to an activating group) is 1. The average Bonchev–Trinajstić information content (AvgIpc) is 3.03. The Balaban J connectivity index is 2.26. The van der Waals surface area contributed by atoms with Gasteiger partial charge in [0.15, 0.2) is 16.8 Å². The first-order valence-electron chi connectivity index (χ1n) is 6.57. The minimum absolute atomic E-state index is 0.134. The Morgan fingerprint density at radius 1 is 1.22 bits per heavy atom. The molecule has 0 spiro atoms. The number of anilines is 1. The predicted molar refractivity (Wildman–Crippen MR) is 82.3 cm³/mol. The number of nitrogens with one attached hydrogen (secondary N) is 3. The van der Waals surface area contributed by atoms with Crippen LogP contribution in [0.25, 0.3) is 0 Å². The van der Waals surface area contributed by atoms with Crippen molar-refractivity contribution >= 4 is 28.3 Å². The second kappa shape index (κ2) is 7.14. The fraction of sp³-hybridized carbons (Fsp3) is 0.214. The summed E-state index contributed by atoms with van der Waals surface area (Å²) in [4.78, 5) is 28.4. The van der Waals surface area contributed by atoms with E-state index in [-0.39, 0.29) is 10.4 Å². The number of halogens is 2. The Kier molecular flexibility index (Phi) is 5.22. The molecule has 0 unspecified atom stereocenters. The van der Waals surface area contributed by atoms with Crippen molar-refractivity contribution in [2.75, 3.05) is 19.4 Å². The van der Waals surface area contributed by atoms with E-state index in [1.807, 2.05) is 0 Å². The smallest absolute Gasteiger partial charge is 0.263 e. The van der Waals surface area contributed by atoms with Gasteiger partial charge in [-0.1, -0.05) is 17.4 Å². The SMILES string of the molecule is CNC(=O)[C@H](NC(=O)c1cnc(NC)s1)c1ccc(F)c(F)c1. The van der Waals surface area contributed by atoms with Crippen LogP contribution in [0.3, 0.4) is 0 Å². The van der Waals surface area contributed by atoms with Gasteiger partial charge in [-0.3, -0.25) is 9.59 Å². The molecular weight excluding hydrogens is 326 g/mol. The molecule has 0 aliphatic heterocycles. The molecule has 2 rings (SSSR count). The molecule has 0 fully saturated rings. The zero-order valence-corrected chi connectivity index (χ0v) is 13.1. The number of amides is 2. The van der Waals surface area contributed by atoms with Crippen LogP contribution in [0, 0.1) is 11.6 Å². The van der Waals surface area contributed by atoms with Crippen LogP contribution in [0.15, 0.2) is 24.4 Å². The second-order valence-electron chi connectivity index (χ2n) is 4.47.